The van der Waals surface area contributed by atoms with Gasteiger partial charge >= 0.3 is 0 Å². The van der Waals surface area contributed by atoms with E-state index < -0.39 is 0 Å². The smallest absolute Gasteiger partial charge is 0.0349 e. The van der Waals surface area contributed by atoms with Crippen LogP contribution >= 0.6 is 0 Å². The molecule has 2 aromatic heterocycles. The molecule has 0 aliphatic heterocycles. The predicted molar refractivity (Wildman–Crippen MR) is 219 cm³/mol. The molecule has 2 aliphatic rings. The molecule has 8 aromatic carbocycles. The summed E-state index contributed by atoms with van der Waals surface area (Å²) in [6.07, 6.45) is 7.92. The van der Waals surface area contributed by atoms with Gasteiger partial charge in [0.2, 0.25) is 0 Å². The molecule has 2 nitrogen and oxygen atoms in total. The lowest BCUT2D eigenvalue weighted by Gasteiger charge is -2.20. The molecule has 0 saturated carbocycles. The first kappa shape index (κ1) is 28.1. The van der Waals surface area contributed by atoms with E-state index in [4.69, 9.17) is 0 Å². The first-order chi connectivity index (χ1) is 25.7. The number of pyridine rings is 2. The van der Waals surface area contributed by atoms with Gasteiger partial charge in [-0.3, -0.25) is 9.97 Å². The molecule has 0 N–H and O–H groups in total. The Morgan fingerprint density at radius 2 is 0.731 bits per heavy atom. The summed E-state index contributed by atoms with van der Waals surface area (Å²) in [5, 5.41) is 12.8. The Bertz CT molecular complexity index is 3030. The quantitative estimate of drug-likeness (QED) is 0.173. The van der Waals surface area contributed by atoms with E-state index in [1.807, 2.05) is 12.4 Å². The SMILES string of the molecule is Cc1ccncc1-c1c2c(cc3c1ccc1c4cc5c(c(-c6cnccc6C)c4ccc31)-c1cccc3cccc-5c13)-c1cccc3cccc-2c13. The Balaban J connectivity index is 1.25. The zero-order chi connectivity index (χ0) is 34.2. The fraction of sp³-hybridized carbons (Fsp3) is 0.0400. The molecule has 52 heavy (non-hydrogen) atoms. The normalized spacial score (nSPS) is 12.4. The van der Waals surface area contributed by atoms with Crippen molar-refractivity contribution in [3.8, 4) is 66.8 Å². The van der Waals surface area contributed by atoms with Gasteiger partial charge in [-0.1, -0.05) is 97.1 Å². The highest BCUT2D eigenvalue weighted by Gasteiger charge is 2.30. The first-order valence-corrected chi connectivity index (χ1v) is 18.1. The van der Waals surface area contributed by atoms with Crippen LogP contribution in [0.3, 0.4) is 0 Å². The van der Waals surface area contributed by atoms with Crippen molar-refractivity contribution in [1.82, 2.24) is 9.97 Å². The van der Waals surface area contributed by atoms with Crippen LogP contribution in [0.1, 0.15) is 11.1 Å². The standard InChI is InChI=1S/C50H30N2/c1-27-19-21-51-25-43(27)47-35-17-15-32-31(39(35)23-41-33-11-3-7-29-9-5-13-37(45(29)33)49(41)47)16-18-36-40(32)24-42-34-12-4-8-30-10-6-14-38(46(30)34)50(42)48(36)44-26-52-22-20-28(44)2/h3-26H,1-2H3. The van der Waals surface area contributed by atoms with E-state index >= 15 is 0 Å². The molecule has 2 heterocycles. The molecular weight excluding hydrogens is 629 g/mol. The van der Waals surface area contributed by atoms with Crippen molar-refractivity contribution in [1.29, 1.82) is 0 Å². The second-order valence-electron chi connectivity index (χ2n) is 14.6. The van der Waals surface area contributed by atoms with Gasteiger partial charge in [0, 0.05) is 35.9 Å². The Kier molecular flexibility index (Phi) is 5.40. The number of fused-ring (bicyclic) bond motifs is 11. The summed E-state index contributed by atoms with van der Waals surface area (Å²) in [6, 6.07) is 45.7. The fourth-order valence-corrected chi connectivity index (χ4v) is 9.71. The van der Waals surface area contributed by atoms with Gasteiger partial charge in [0.1, 0.15) is 0 Å². The summed E-state index contributed by atoms with van der Waals surface area (Å²) in [6.45, 7) is 4.42. The Morgan fingerprint density at radius 3 is 1.15 bits per heavy atom. The molecule has 0 fully saturated rings. The molecule has 0 radical (unpaired) electrons. The maximum atomic E-state index is 4.66. The molecule has 240 valence electrons. The summed E-state index contributed by atoms with van der Waals surface area (Å²) in [5.74, 6) is 0. The molecule has 2 aliphatic carbocycles. The van der Waals surface area contributed by atoms with Crippen molar-refractivity contribution in [3.63, 3.8) is 0 Å². The molecule has 0 unspecified atom stereocenters. The average molecular weight is 659 g/mol. The molecule has 0 saturated heterocycles. The minimum atomic E-state index is 1.19. The molecule has 12 rings (SSSR count). The predicted octanol–water partition coefficient (Wildman–Crippen LogP) is 13.5. The lowest BCUT2D eigenvalue weighted by Crippen LogP contribution is -1.94. The van der Waals surface area contributed by atoms with E-state index in [9.17, 15) is 0 Å². The van der Waals surface area contributed by atoms with Gasteiger partial charge in [-0.05, 0) is 159 Å². The summed E-state index contributed by atoms with van der Waals surface area (Å²) in [5.41, 5.74) is 17.8. The lowest BCUT2D eigenvalue weighted by atomic mass is 9.83. The summed E-state index contributed by atoms with van der Waals surface area (Å²) >= 11 is 0. The molecule has 0 spiro atoms. The molecule has 0 amide bonds. The Hall–Kier alpha value is -6.64. The zero-order valence-corrected chi connectivity index (χ0v) is 28.8. The van der Waals surface area contributed by atoms with E-state index in [2.05, 4.69) is 158 Å². The Morgan fingerprint density at radius 1 is 0.327 bits per heavy atom. The van der Waals surface area contributed by atoms with Gasteiger partial charge in [0.05, 0.1) is 0 Å². The topological polar surface area (TPSA) is 25.8 Å². The van der Waals surface area contributed by atoms with E-state index in [0.29, 0.717) is 0 Å². The first-order valence-electron chi connectivity index (χ1n) is 18.1. The molecule has 10 aromatic rings. The summed E-state index contributed by atoms with van der Waals surface area (Å²) in [4.78, 5) is 9.32. The van der Waals surface area contributed by atoms with Gasteiger partial charge in [-0.15, -0.1) is 0 Å². The second kappa shape index (κ2) is 9.99. The van der Waals surface area contributed by atoms with Gasteiger partial charge in [0.25, 0.3) is 0 Å². The van der Waals surface area contributed by atoms with Crippen molar-refractivity contribution >= 4 is 53.9 Å². The Labute approximate surface area is 300 Å². The van der Waals surface area contributed by atoms with E-state index in [0.717, 1.165) is 0 Å². The minimum absolute atomic E-state index is 1.19. The van der Waals surface area contributed by atoms with Crippen molar-refractivity contribution in [2.45, 2.75) is 13.8 Å². The van der Waals surface area contributed by atoms with Crippen LogP contribution in [0, 0.1) is 13.8 Å². The van der Waals surface area contributed by atoms with E-state index in [1.165, 1.54) is 132 Å². The largest absolute Gasteiger partial charge is 0.264 e. The summed E-state index contributed by atoms with van der Waals surface area (Å²) < 4.78 is 0. The van der Waals surface area contributed by atoms with Crippen LogP contribution in [-0.2, 0) is 0 Å². The van der Waals surface area contributed by atoms with E-state index in [1.54, 1.807) is 0 Å². The number of benzene rings is 8. The van der Waals surface area contributed by atoms with Gasteiger partial charge in [-0.25, -0.2) is 0 Å². The lowest BCUT2D eigenvalue weighted by molar-refractivity contribution is 1.29. The van der Waals surface area contributed by atoms with Crippen molar-refractivity contribution in [3.05, 3.63) is 157 Å². The maximum absolute atomic E-state index is 4.66. The zero-order valence-electron chi connectivity index (χ0n) is 28.8. The second-order valence-corrected chi connectivity index (χ2v) is 14.6. The molecule has 0 atom stereocenters. The highest BCUT2D eigenvalue weighted by Crippen LogP contribution is 2.57. The van der Waals surface area contributed by atoms with E-state index in [-0.39, 0.29) is 0 Å². The van der Waals surface area contributed by atoms with Gasteiger partial charge in [0.15, 0.2) is 0 Å². The number of aryl methyl sites for hydroxylation is 2. The number of hydrogen-bond acceptors (Lipinski definition) is 2. The highest BCUT2D eigenvalue weighted by molar-refractivity contribution is 6.30. The monoisotopic (exact) mass is 658 g/mol. The average Bonchev–Trinajstić information content (AvgIpc) is 3.68. The van der Waals surface area contributed by atoms with Crippen LogP contribution in [0.15, 0.2) is 146 Å². The summed E-state index contributed by atoms with van der Waals surface area (Å²) in [7, 11) is 0. The van der Waals surface area contributed by atoms with Crippen molar-refractivity contribution in [2.75, 3.05) is 0 Å². The van der Waals surface area contributed by atoms with Gasteiger partial charge < -0.3 is 0 Å². The van der Waals surface area contributed by atoms with Crippen LogP contribution < -0.4 is 0 Å². The van der Waals surface area contributed by atoms with Crippen LogP contribution in [0.25, 0.3) is 121 Å². The van der Waals surface area contributed by atoms with Gasteiger partial charge in [-0.2, -0.15) is 0 Å². The van der Waals surface area contributed by atoms with Crippen LogP contribution in [0.4, 0.5) is 0 Å². The number of nitrogens with zero attached hydrogens (tertiary/aromatic N) is 2. The molecular formula is C50H30N2. The van der Waals surface area contributed by atoms with Crippen LogP contribution in [0.2, 0.25) is 0 Å². The molecule has 2 heteroatoms. The fourth-order valence-electron chi connectivity index (χ4n) is 9.71. The third kappa shape index (κ3) is 3.49. The van der Waals surface area contributed by atoms with Crippen LogP contribution in [0.5, 0.6) is 0 Å². The molecule has 0 bridgehead atoms. The third-order valence-corrected chi connectivity index (χ3v) is 12.0. The van der Waals surface area contributed by atoms with Crippen molar-refractivity contribution < 1.29 is 0 Å². The highest BCUT2D eigenvalue weighted by atomic mass is 14.6. The number of aromatic nitrogens is 2. The van der Waals surface area contributed by atoms with Crippen molar-refractivity contribution in [2.24, 2.45) is 0 Å². The minimum Gasteiger partial charge on any atom is -0.264 e. The number of rotatable bonds is 2. The third-order valence-electron chi connectivity index (χ3n) is 12.0. The number of hydrogen-bond donors (Lipinski definition) is 0. The van der Waals surface area contributed by atoms with Crippen LogP contribution in [-0.4, -0.2) is 9.97 Å². The maximum Gasteiger partial charge on any atom is 0.0349 e.